The van der Waals surface area contributed by atoms with Crippen LogP contribution in [0, 0.1) is 18.2 Å². The third kappa shape index (κ3) is 2.18. The van der Waals surface area contributed by atoms with E-state index in [1.807, 2.05) is 0 Å². The van der Waals surface area contributed by atoms with Crippen LogP contribution in [0.3, 0.4) is 0 Å². The average molecular weight is 264 g/mol. The van der Waals surface area contributed by atoms with Gasteiger partial charge in [-0.1, -0.05) is 5.92 Å². The Bertz CT molecular complexity index is 735. The number of hydrogen-bond acceptors (Lipinski definition) is 3. The molecule has 1 aromatic carbocycles. The van der Waals surface area contributed by atoms with E-state index in [0.717, 1.165) is 6.07 Å². The Morgan fingerprint density at radius 3 is 2.89 bits per heavy atom. The molecule has 4 nitrogen and oxygen atoms in total. The van der Waals surface area contributed by atoms with Gasteiger partial charge in [-0.15, -0.1) is 6.42 Å². The van der Waals surface area contributed by atoms with E-state index in [1.165, 1.54) is 18.3 Å². The van der Waals surface area contributed by atoms with E-state index in [0.29, 0.717) is 0 Å². The lowest BCUT2D eigenvalue weighted by Crippen LogP contribution is -2.24. The van der Waals surface area contributed by atoms with Crippen LogP contribution in [0.4, 0.5) is 4.39 Å². The predicted molar refractivity (Wildman–Crippen MR) is 65.7 cm³/mol. The van der Waals surface area contributed by atoms with Gasteiger partial charge in [0.15, 0.2) is 0 Å². The smallest absolute Gasteiger partial charge is 0.242 e. The van der Waals surface area contributed by atoms with Gasteiger partial charge < -0.3 is 0 Å². The molecule has 6 heteroatoms. The van der Waals surface area contributed by atoms with Crippen molar-refractivity contribution in [3.05, 3.63) is 36.3 Å². The van der Waals surface area contributed by atoms with Gasteiger partial charge in [-0.25, -0.2) is 12.8 Å². The first-order valence-electron chi connectivity index (χ1n) is 5.02. The zero-order valence-corrected chi connectivity index (χ0v) is 10.0. The van der Waals surface area contributed by atoms with Crippen LogP contribution in [0.1, 0.15) is 0 Å². The Labute approximate surface area is 104 Å². The Morgan fingerprint density at radius 1 is 1.39 bits per heavy atom. The molecule has 0 atom stereocenters. The normalized spacial score (nSPS) is 11.3. The molecule has 0 saturated carbocycles. The van der Waals surface area contributed by atoms with Gasteiger partial charge in [0.25, 0.3) is 0 Å². The molecule has 2 rings (SSSR count). The molecule has 0 amide bonds. The second-order valence-electron chi connectivity index (χ2n) is 3.47. The Hall–Kier alpha value is -1.97. The van der Waals surface area contributed by atoms with Crippen LogP contribution < -0.4 is 4.72 Å². The summed E-state index contributed by atoms with van der Waals surface area (Å²) in [5.74, 6) is 1.60. The standard InChI is InChI=1S/C12H9FN2O2S/c1-2-7-15-18(16,17)11-6-5-10(13)12-9(11)4-3-8-14-12/h1,3-6,8,15H,7H2. The summed E-state index contributed by atoms with van der Waals surface area (Å²) < 4.78 is 39.6. The van der Waals surface area contributed by atoms with Crippen molar-refractivity contribution in [3.8, 4) is 12.3 Å². The zero-order chi connectivity index (χ0) is 13.2. The second kappa shape index (κ2) is 4.72. The molecule has 0 spiro atoms. The molecular formula is C12H9FN2O2S. The van der Waals surface area contributed by atoms with Gasteiger partial charge in [0, 0.05) is 11.6 Å². The molecule has 0 radical (unpaired) electrons. The molecule has 1 heterocycles. The van der Waals surface area contributed by atoms with E-state index in [-0.39, 0.29) is 22.3 Å². The third-order valence-corrected chi connectivity index (χ3v) is 3.79. The van der Waals surface area contributed by atoms with E-state index < -0.39 is 15.8 Å². The molecule has 0 saturated heterocycles. The van der Waals surface area contributed by atoms with Gasteiger partial charge in [0.2, 0.25) is 10.0 Å². The van der Waals surface area contributed by atoms with Crippen molar-refractivity contribution in [3.63, 3.8) is 0 Å². The fraction of sp³-hybridized carbons (Fsp3) is 0.0833. The lowest BCUT2D eigenvalue weighted by Gasteiger charge is -2.07. The topological polar surface area (TPSA) is 59.1 Å². The van der Waals surface area contributed by atoms with Crippen molar-refractivity contribution in [2.75, 3.05) is 6.54 Å². The number of terminal acetylenes is 1. The van der Waals surface area contributed by atoms with Crippen molar-refractivity contribution in [1.29, 1.82) is 0 Å². The van der Waals surface area contributed by atoms with Gasteiger partial charge >= 0.3 is 0 Å². The number of rotatable bonds is 3. The molecule has 0 aliphatic carbocycles. The largest absolute Gasteiger partial charge is 0.253 e. The first-order chi connectivity index (χ1) is 8.56. The number of aromatic nitrogens is 1. The van der Waals surface area contributed by atoms with Crippen LogP contribution in [-0.4, -0.2) is 19.9 Å². The lowest BCUT2D eigenvalue weighted by molar-refractivity contribution is 0.586. The van der Waals surface area contributed by atoms with Gasteiger partial charge in [-0.3, -0.25) is 4.98 Å². The molecule has 18 heavy (non-hydrogen) atoms. The van der Waals surface area contributed by atoms with Crippen molar-refractivity contribution >= 4 is 20.9 Å². The van der Waals surface area contributed by atoms with Crippen LogP contribution in [0.25, 0.3) is 10.9 Å². The molecule has 1 N–H and O–H groups in total. The Balaban J connectivity index is 2.67. The summed E-state index contributed by atoms with van der Waals surface area (Å²) in [5.41, 5.74) is 0.0149. The Kier molecular flexibility index (Phi) is 3.28. The van der Waals surface area contributed by atoms with Crippen molar-refractivity contribution in [1.82, 2.24) is 9.71 Å². The van der Waals surface area contributed by atoms with Crippen LogP contribution in [0.2, 0.25) is 0 Å². The quantitative estimate of drug-likeness (QED) is 0.850. The summed E-state index contributed by atoms with van der Waals surface area (Å²) in [7, 11) is -3.76. The second-order valence-corrected chi connectivity index (χ2v) is 5.21. The minimum Gasteiger partial charge on any atom is -0.253 e. The van der Waals surface area contributed by atoms with Gasteiger partial charge in [0.1, 0.15) is 11.3 Å². The van der Waals surface area contributed by atoms with Crippen LogP contribution in [0.5, 0.6) is 0 Å². The number of sulfonamides is 1. The summed E-state index contributed by atoms with van der Waals surface area (Å²) in [6.45, 7) is -0.124. The molecule has 0 aliphatic rings. The summed E-state index contributed by atoms with van der Waals surface area (Å²) in [6.07, 6.45) is 6.40. The van der Waals surface area contributed by atoms with Crippen molar-refractivity contribution in [2.24, 2.45) is 0 Å². The SMILES string of the molecule is C#CCNS(=O)(=O)c1ccc(F)c2ncccc12. The fourth-order valence-corrected chi connectivity index (χ4v) is 2.69. The number of halogens is 1. The molecule has 0 fully saturated rings. The summed E-state index contributed by atoms with van der Waals surface area (Å²) in [6, 6.07) is 5.30. The maximum absolute atomic E-state index is 13.5. The Morgan fingerprint density at radius 2 is 2.17 bits per heavy atom. The highest BCUT2D eigenvalue weighted by molar-refractivity contribution is 7.89. The van der Waals surface area contributed by atoms with Gasteiger partial charge in [-0.05, 0) is 24.3 Å². The number of hydrogen-bond donors (Lipinski definition) is 1. The van der Waals surface area contributed by atoms with Crippen molar-refractivity contribution < 1.29 is 12.8 Å². The molecule has 1 aromatic heterocycles. The first-order valence-corrected chi connectivity index (χ1v) is 6.51. The molecule has 0 aliphatic heterocycles. The number of pyridine rings is 1. The lowest BCUT2D eigenvalue weighted by atomic mass is 10.2. The van der Waals surface area contributed by atoms with Crippen LogP contribution in [0.15, 0.2) is 35.4 Å². The van der Waals surface area contributed by atoms with E-state index in [1.54, 1.807) is 6.07 Å². The third-order valence-electron chi connectivity index (χ3n) is 2.33. The number of fused-ring (bicyclic) bond motifs is 1. The van der Waals surface area contributed by atoms with E-state index >= 15 is 0 Å². The molecule has 0 unspecified atom stereocenters. The average Bonchev–Trinajstić information content (AvgIpc) is 2.37. The minimum absolute atomic E-state index is 0.0149. The highest BCUT2D eigenvalue weighted by atomic mass is 32.2. The highest BCUT2D eigenvalue weighted by Crippen LogP contribution is 2.23. The van der Waals surface area contributed by atoms with Crippen molar-refractivity contribution in [2.45, 2.75) is 4.90 Å². The highest BCUT2D eigenvalue weighted by Gasteiger charge is 2.18. The molecule has 0 bridgehead atoms. The molecule has 2 aromatic rings. The summed E-state index contributed by atoms with van der Waals surface area (Å²) >= 11 is 0. The predicted octanol–water partition coefficient (Wildman–Crippen LogP) is 1.29. The maximum atomic E-state index is 13.5. The summed E-state index contributed by atoms with van der Waals surface area (Å²) in [5, 5.41) is 0.224. The maximum Gasteiger partial charge on any atom is 0.242 e. The number of nitrogens with zero attached hydrogens (tertiary/aromatic N) is 1. The van der Waals surface area contributed by atoms with Gasteiger partial charge in [-0.2, -0.15) is 4.72 Å². The monoisotopic (exact) mass is 264 g/mol. The summed E-state index contributed by atoms with van der Waals surface area (Å²) in [4.78, 5) is 3.79. The molecule has 92 valence electrons. The van der Waals surface area contributed by atoms with E-state index in [2.05, 4.69) is 15.6 Å². The minimum atomic E-state index is -3.76. The fourth-order valence-electron chi connectivity index (χ4n) is 1.56. The first kappa shape index (κ1) is 12.5. The van der Waals surface area contributed by atoms with Gasteiger partial charge in [0.05, 0.1) is 11.4 Å². The molecular weight excluding hydrogens is 255 g/mol. The van der Waals surface area contributed by atoms with Crippen LogP contribution in [-0.2, 0) is 10.0 Å². The van der Waals surface area contributed by atoms with E-state index in [4.69, 9.17) is 6.42 Å². The number of nitrogens with one attached hydrogen (secondary N) is 1. The number of benzene rings is 1. The van der Waals surface area contributed by atoms with Crippen LogP contribution >= 0.6 is 0 Å². The zero-order valence-electron chi connectivity index (χ0n) is 9.22. The van der Waals surface area contributed by atoms with E-state index in [9.17, 15) is 12.8 Å².